The number of aromatic nitrogens is 1. The van der Waals surface area contributed by atoms with Crippen molar-refractivity contribution in [2.75, 3.05) is 13.7 Å². The Labute approximate surface area is 174 Å². The van der Waals surface area contributed by atoms with Crippen molar-refractivity contribution in [2.45, 2.75) is 25.7 Å². The molecule has 1 aliphatic rings. The summed E-state index contributed by atoms with van der Waals surface area (Å²) in [6.45, 7) is 2.31. The number of nitrogens with one attached hydrogen (secondary N) is 1. The maximum atomic E-state index is 12.5. The Bertz CT molecular complexity index is 1100. The molecule has 0 amide bonds. The Hall–Kier alpha value is -3.54. The van der Waals surface area contributed by atoms with Crippen LogP contribution in [0, 0.1) is 6.92 Å². The van der Waals surface area contributed by atoms with Gasteiger partial charge in [-0.2, -0.15) is 0 Å². The first-order chi connectivity index (χ1) is 14.5. The average Bonchev–Trinajstić information content (AvgIpc) is 2.73. The van der Waals surface area contributed by atoms with Crippen LogP contribution in [-0.2, 0) is 11.2 Å². The number of hydrogen-bond acceptors (Lipinski definition) is 5. The van der Waals surface area contributed by atoms with Gasteiger partial charge in [0.2, 0.25) is 0 Å². The van der Waals surface area contributed by atoms with Gasteiger partial charge in [-0.25, -0.2) is 0 Å². The number of fused-ring (bicyclic) bond motifs is 1. The Balaban J connectivity index is 1.45. The van der Waals surface area contributed by atoms with Crippen molar-refractivity contribution in [3.8, 4) is 17.2 Å². The lowest BCUT2D eigenvalue weighted by Gasteiger charge is -2.24. The second-order valence-corrected chi connectivity index (χ2v) is 7.31. The zero-order chi connectivity index (χ0) is 21.1. The van der Waals surface area contributed by atoms with Crippen molar-refractivity contribution in [3.63, 3.8) is 0 Å². The highest BCUT2D eigenvalue weighted by Gasteiger charge is 2.31. The van der Waals surface area contributed by atoms with E-state index < -0.39 is 0 Å². The third-order valence-electron chi connectivity index (χ3n) is 5.21. The molecule has 30 heavy (non-hydrogen) atoms. The number of ether oxygens (including phenoxy) is 3. The van der Waals surface area contributed by atoms with Gasteiger partial charge in [-0.1, -0.05) is 24.3 Å². The van der Waals surface area contributed by atoms with Crippen LogP contribution in [-0.4, -0.2) is 24.7 Å². The Morgan fingerprint density at radius 3 is 2.43 bits per heavy atom. The molecule has 0 aliphatic carbocycles. The monoisotopic (exact) mass is 405 g/mol. The number of benzene rings is 2. The van der Waals surface area contributed by atoms with E-state index in [1.807, 2.05) is 48.5 Å². The molecule has 0 fully saturated rings. The van der Waals surface area contributed by atoms with Gasteiger partial charge >= 0.3 is 5.97 Å². The number of hydrogen-bond donors (Lipinski definition) is 1. The van der Waals surface area contributed by atoms with E-state index in [9.17, 15) is 9.59 Å². The minimum Gasteiger partial charge on any atom is -0.497 e. The summed E-state index contributed by atoms with van der Waals surface area (Å²) in [6.07, 6.45) is 0.916. The molecule has 1 unspecified atom stereocenters. The molecule has 154 valence electrons. The molecule has 3 aromatic rings. The third kappa shape index (κ3) is 4.22. The number of carbonyl (C=O) groups is 1. The van der Waals surface area contributed by atoms with Gasteiger partial charge in [-0.15, -0.1) is 0 Å². The predicted octanol–water partition coefficient (Wildman–Crippen LogP) is 3.75. The molecule has 1 N–H and O–H groups in total. The second-order valence-electron chi connectivity index (χ2n) is 7.31. The van der Waals surface area contributed by atoms with Gasteiger partial charge in [0.1, 0.15) is 17.2 Å². The largest absolute Gasteiger partial charge is 0.497 e. The quantitative estimate of drug-likeness (QED) is 0.632. The first-order valence-electron chi connectivity index (χ1n) is 9.83. The molecule has 0 bridgehead atoms. The van der Waals surface area contributed by atoms with Gasteiger partial charge < -0.3 is 19.2 Å². The van der Waals surface area contributed by atoms with Crippen molar-refractivity contribution in [1.29, 1.82) is 0 Å². The number of aryl methyl sites for hydroxylation is 1. The zero-order valence-corrected chi connectivity index (χ0v) is 16.9. The Morgan fingerprint density at radius 1 is 1.03 bits per heavy atom. The fourth-order valence-corrected chi connectivity index (χ4v) is 3.68. The first-order valence-corrected chi connectivity index (χ1v) is 9.83. The number of pyridine rings is 1. The SMILES string of the molecule is COc1ccc(CCOc2ccc(C3CC(=O)Oc4cc(C)[nH]c(=O)c43)cc2)cc1. The summed E-state index contributed by atoms with van der Waals surface area (Å²) < 4.78 is 16.3. The van der Waals surface area contributed by atoms with Gasteiger partial charge in [-0.3, -0.25) is 9.59 Å². The molecule has 0 spiro atoms. The second kappa shape index (κ2) is 8.45. The molecule has 0 saturated carbocycles. The van der Waals surface area contributed by atoms with Crippen molar-refractivity contribution in [1.82, 2.24) is 4.98 Å². The summed E-state index contributed by atoms with van der Waals surface area (Å²) in [5.74, 6) is 1.25. The molecule has 1 aliphatic heterocycles. The van der Waals surface area contributed by atoms with Crippen molar-refractivity contribution < 1.29 is 19.0 Å². The minimum absolute atomic E-state index is 0.136. The van der Waals surface area contributed by atoms with Crippen LogP contribution in [0.2, 0.25) is 0 Å². The van der Waals surface area contributed by atoms with Crippen LogP contribution in [0.4, 0.5) is 0 Å². The van der Waals surface area contributed by atoms with Gasteiger partial charge in [0.05, 0.1) is 25.7 Å². The van der Waals surface area contributed by atoms with Crippen LogP contribution < -0.4 is 19.8 Å². The van der Waals surface area contributed by atoms with Crippen molar-refractivity contribution in [2.24, 2.45) is 0 Å². The molecule has 2 heterocycles. The third-order valence-corrected chi connectivity index (χ3v) is 5.21. The van der Waals surface area contributed by atoms with Gasteiger partial charge in [0.25, 0.3) is 5.56 Å². The highest BCUT2D eigenvalue weighted by molar-refractivity contribution is 5.77. The lowest BCUT2D eigenvalue weighted by molar-refractivity contribution is -0.135. The topological polar surface area (TPSA) is 77.6 Å². The molecule has 1 aromatic heterocycles. The number of esters is 1. The van der Waals surface area contributed by atoms with E-state index in [1.165, 1.54) is 5.56 Å². The number of carbonyl (C=O) groups excluding carboxylic acids is 1. The van der Waals surface area contributed by atoms with Crippen molar-refractivity contribution >= 4 is 5.97 Å². The number of rotatable bonds is 6. The summed E-state index contributed by atoms with van der Waals surface area (Å²) in [5.41, 5.74) is 2.98. The fourth-order valence-electron chi connectivity index (χ4n) is 3.68. The van der Waals surface area contributed by atoms with Gasteiger partial charge in [-0.05, 0) is 42.3 Å². The summed E-state index contributed by atoms with van der Waals surface area (Å²) in [6, 6.07) is 17.1. The maximum Gasteiger partial charge on any atom is 0.312 e. The van der Waals surface area contributed by atoms with E-state index in [-0.39, 0.29) is 23.9 Å². The standard InChI is InChI=1S/C24H23NO5/c1-15-13-21-23(24(27)25-15)20(14-22(26)30-21)17-5-9-19(10-6-17)29-12-11-16-3-7-18(28-2)8-4-16/h3-10,13,20H,11-12,14H2,1-2H3,(H,25,27). The first kappa shape index (κ1) is 19.8. The van der Waals surface area contributed by atoms with Crippen LogP contribution in [0.25, 0.3) is 0 Å². The van der Waals surface area contributed by atoms with Crippen LogP contribution in [0.5, 0.6) is 17.2 Å². The molecule has 2 aromatic carbocycles. The summed E-state index contributed by atoms with van der Waals surface area (Å²) in [5, 5.41) is 0. The molecule has 1 atom stereocenters. The van der Waals surface area contributed by atoms with E-state index in [0.29, 0.717) is 23.6 Å². The summed E-state index contributed by atoms with van der Waals surface area (Å²) in [4.78, 5) is 27.3. The molecule has 6 nitrogen and oxygen atoms in total. The predicted molar refractivity (Wildman–Crippen MR) is 113 cm³/mol. The van der Waals surface area contributed by atoms with Crippen LogP contribution in [0.1, 0.15) is 34.7 Å². The van der Waals surface area contributed by atoms with E-state index in [4.69, 9.17) is 14.2 Å². The van der Waals surface area contributed by atoms with Crippen LogP contribution in [0.15, 0.2) is 59.4 Å². The van der Waals surface area contributed by atoms with E-state index in [2.05, 4.69) is 4.98 Å². The highest BCUT2D eigenvalue weighted by atomic mass is 16.5. The highest BCUT2D eigenvalue weighted by Crippen LogP contribution is 2.37. The average molecular weight is 405 g/mol. The summed E-state index contributed by atoms with van der Waals surface area (Å²) >= 11 is 0. The molecule has 4 rings (SSSR count). The fraction of sp³-hybridized carbons (Fsp3) is 0.250. The summed E-state index contributed by atoms with van der Waals surface area (Å²) in [7, 11) is 1.65. The van der Waals surface area contributed by atoms with Crippen LogP contribution in [0.3, 0.4) is 0 Å². The maximum absolute atomic E-state index is 12.5. The van der Waals surface area contributed by atoms with E-state index in [0.717, 1.165) is 23.5 Å². The molecule has 0 saturated heterocycles. The zero-order valence-electron chi connectivity index (χ0n) is 16.9. The van der Waals surface area contributed by atoms with E-state index in [1.54, 1.807) is 20.1 Å². The molecular formula is C24H23NO5. The van der Waals surface area contributed by atoms with Crippen molar-refractivity contribution in [3.05, 3.63) is 87.3 Å². The van der Waals surface area contributed by atoms with Gasteiger partial charge in [0, 0.05) is 24.1 Å². The minimum atomic E-state index is -0.336. The molecular weight excluding hydrogens is 382 g/mol. The molecule has 6 heteroatoms. The van der Waals surface area contributed by atoms with E-state index >= 15 is 0 Å². The number of H-pyrrole nitrogens is 1. The number of aromatic amines is 1. The van der Waals surface area contributed by atoms with Crippen LogP contribution >= 0.6 is 0 Å². The smallest absolute Gasteiger partial charge is 0.312 e. The number of methoxy groups -OCH3 is 1. The Morgan fingerprint density at radius 2 is 1.73 bits per heavy atom. The normalized spacial score (nSPS) is 15.3. The lowest BCUT2D eigenvalue weighted by atomic mass is 9.87. The lowest BCUT2D eigenvalue weighted by Crippen LogP contribution is -2.28. The Kier molecular flexibility index (Phi) is 5.57. The molecule has 0 radical (unpaired) electrons. The van der Waals surface area contributed by atoms with Gasteiger partial charge in [0.15, 0.2) is 0 Å².